The van der Waals surface area contributed by atoms with Crippen molar-refractivity contribution in [2.24, 2.45) is 5.41 Å². The van der Waals surface area contributed by atoms with Crippen LogP contribution < -0.4 is 5.32 Å². The molecule has 1 saturated heterocycles. The van der Waals surface area contributed by atoms with Crippen LogP contribution in [-0.4, -0.2) is 48.6 Å². The van der Waals surface area contributed by atoms with Crippen LogP contribution in [0.25, 0.3) is 0 Å². The number of amides is 2. The average molecular weight is 268 g/mol. The minimum absolute atomic E-state index is 0.0561. The normalized spacial score (nSPS) is 38.7. The number of nitrogens with zero attached hydrogens (tertiary/aromatic N) is 1. The van der Waals surface area contributed by atoms with E-state index in [0.717, 1.165) is 19.4 Å². The highest BCUT2D eigenvalue weighted by Gasteiger charge is 2.52. The Balaban J connectivity index is 1.98. The molecule has 0 bridgehead atoms. The standard InChI is InChI=1S/C14H24N2O3/c1-5-14(3)10(8-11(14)19-6-2)15-9-7-12(17)16(4)13(9)18/h9-11,15H,5-8H2,1-4H3. The van der Waals surface area contributed by atoms with E-state index in [9.17, 15) is 9.59 Å². The van der Waals surface area contributed by atoms with Gasteiger partial charge >= 0.3 is 0 Å². The van der Waals surface area contributed by atoms with Crippen LogP contribution in [-0.2, 0) is 14.3 Å². The Kier molecular flexibility index (Phi) is 3.97. The van der Waals surface area contributed by atoms with Crippen LogP contribution in [0, 0.1) is 5.41 Å². The second-order valence-corrected chi connectivity index (χ2v) is 5.81. The van der Waals surface area contributed by atoms with Gasteiger partial charge in [0.1, 0.15) is 0 Å². The first-order valence-corrected chi connectivity index (χ1v) is 7.12. The molecular weight excluding hydrogens is 244 g/mol. The van der Waals surface area contributed by atoms with Gasteiger partial charge in [0.15, 0.2) is 0 Å². The largest absolute Gasteiger partial charge is 0.378 e. The molecule has 2 amide bonds. The molecule has 19 heavy (non-hydrogen) atoms. The molecule has 5 nitrogen and oxygen atoms in total. The number of carbonyl (C=O) groups excluding carboxylic acids is 2. The maximum atomic E-state index is 11.9. The lowest BCUT2D eigenvalue weighted by Crippen LogP contribution is -2.64. The molecule has 0 radical (unpaired) electrons. The Labute approximate surface area is 114 Å². The molecule has 1 saturated carbocycles. The molecule has 0 aromatic carbocycles. The van der Waals surface area contributed by atoms with Crippen LogP contribution in [0.15, 0.2) is 0 Å². The molecule has 5 heteroatoms. The van der Waals surface area contributed by atoms with Gasteiger partial charge < -0.3 is 10.1 Å². The molecule has 2 fully saturated rings. The zero-order valence-electron chi connectivity index (χ0n) is 12.2. The van der Waals surface area contributed by atoms with Crippen molar-refractivity contribution in [3.05, 3.63) is 0 Å². The van der Waals surface area contributed by atoms with Crippen LogP contribution in [0.2, 0.25) is 0 Å². The average Bonchev–Trinajstić information content (AvgIpc) is 2.64. The minimum Gasteiger partial charge on any atom is -0.378 e. The molecule has 2 rings (SSSR count). The smallest absolute Gasteiger partial charge is 0.246 e. The highest BCUT2D eigenvalue weighted by Crippen LogP contribution is 2.46. The lowest BCUT2D eigenvalue weighted by Gasteiger charge is -2.54. The number of ether oxygens (including phenoxy) is 1. The molecule has 4 unspecified atom stereocenters. The monoisotopic (exact) mass is 268 g/mol. The quantitative estimate of drug-likeness (QED) is 0.754. The van der Waals surface area contributed by atoms with Crippen LogP contribution in [0.3, 0.4) is 0 Å². The summed E-state index contributed by atoms with van der Waals surface area (Å²) in [6, 6.07) is -0.0988. The maximum Gasteiger partial charge on any atom is 0.246 e. The van der Waals surface area contributed by atoms with Gasteiger partial charge in [-0.15, -0.1) is 0 Å². The van der Waals surface area contributed by atoms with E-state index in [0.29, 0.717) is 0 Å². The zero-order valence-corrected chi connectivity index (χ0v) is 12.2. The topological polar surface area (TPSA) is 58.6 Å². The summed E-state index contributed by atoms with van der Waals surface area (Å²) in [6.45, 7) is 7.06. The predicted octanol–water partition coefficient (Wildman–Crippen LogP) is 0.927. The van der Waals surface area contributed by atoms with Crippen molar-refractivity contribution < 1.29 is 14.3 Å². The summed E-state index contributed by atoms with van der Waals surface area (Å²) in [5.74, 6) is -0.204. The van der Waals surface area contributed by atoms with E-state index in [2.05, 4.69) is 19.2 Å². The molecule has 0 spiro atoms. The molecule has 2 aliphatic rings. The molecule has 1 heterocycles. The van der Waals surface area contributed by atoms with Gasteiger partial charge in [0, 0.05) is 25.1 Å². The van der Waals surface area contributed by atoms with Crippen molar-refractivity contribution in [1.29, 1.82) is 0 Å². The summed E-state index contributed by atoms with van der Waals surface area (Å²) < 4.78 is 5.75. The molecule has 1 N–H and O–H groups in total. The van der Waals surface area contributed by atoms with Crippen LogP contribution in [0.1, 0.15) is 40.0 Å². The van der Waals surface area contributed by atoms with E-state index >= 15 is 0 Å². The molecule has 0 aromatic heterocycles. The van der Waals surface area contributed by atoms with Crippen molar-refractivity contribution in [2.75, 3.05) is 13.7 Å². The first-order valence-electron chi connectivity index (χ1n) is 7.12. The Morgan fingerprint density at radius 3 is 2.58 bits per heavy atom. The maximum absolute atomic E-state index is 11.9. The fourth-order valence-electron chi connectivity index (χ4n) is 3.14. The van der Waals surface area contributed by atoms with Crippen molar-refractivity contribution in [1.82, 2.24) is 10.2 Å². The number of hydrogen-bond donors (Lipinski definition) is 1. The first-order chi connectivity index (χ1) is 8.93. The Bertz CT molecular complexity index is 385. The fraction of sp³-hybridized carbons (Fsp3) is 0.857. The number of carbonyl (C=O) groups is 2. The van der Waals surface area contributed by atoms with Crippen molar-refractivity contribution in [3.63, 3.8) is 0 Å². The number of likely N-dealkylation sites (N-methyl/N-ethyl adjacent to an activating group) is 1. The molecule has 0 aromatic rings. The van der Waals surface area contributed by atoms with Crippen LogP contribution in [0.5, 0.6) is 0 Å². The molecule has 1 aliphatic heterocycles. The van der Waals surface area contributed by atoms with E-state index < -0.39 is 0 Å². The highest BCUT2D eigenvalue weighted by atomic mass is 16.5. The lowest BCUT2D eigenvalue weighted by molar-refractivity contribution is -0.140. The van der Waals surface area contributed by atoms with E-state index in [1.165, 1.54) is 4.90 Å². The number of nitrogens with one attached hydrogen (secondary N) is 1. The summed E-state index contributed by atoms with van der Waals surface area (Å²) in [6.07, 6.45) is 2.45. The fourth-order valence-corrected chi connectivity index (χ4v) is 3.14. The van der Waals surface area contributed by atoms with Crippen molar-refractivity contribution >= 4 is 11.8 Å². The molecular formula is C14H24N2O3. The summed E-state index contributed by atoms with van der Waals surface area (Å²) in [4.78, 5) is 24.7. The van der Waals surface area contributed by atoms with E-state index in [-0.39, 0.29) is 41.8 Å². The third-order valence-electron chi connectivity index (χ3n) is 4.89. The predicted molar refractivity (Wildman–Crippen MR) is 71.5 cm³/mol. The van der Waals surface area contributed by atoms with Gasteiger partial charge in [0.05, 0.1) is 18.6 Å². The van der Waals surface area contributed by atoms with E-state index in [1.807, 2.05) is 6.92 Å². The Morgan fingerprint density at radius 2 is 2.11 bits per heavy atom. The minimum atomic E-state index is -0.351. The number of hydrogen-bond acceptors (Lipinski definition) is 4. The third-order valence-corrected chi connectivity index (χ3v) is 4.89. The molecule has 4 atom stereocenters. The van der Waals surface area contributed by atoms with Gasteiger partial charge in [-0.3, -0.25) is 14.5 Å². The summed E-state index contributed by atoms with van der Waals surface area (Å²) >= 11 is 0. The second-order valence-electron chi connectivity index (χ2n) is 5.81. The highest BCUT2D eigenvalue weighted by molar-refractivity contribution is 6.05. The van der Waals surface area contributed by atoms with Crippen LogP contribution >= 0.6 is 0 Å². The Morgan fingerprint density at radius 1 is 1.42 bits per heavy atom. The van der Waals surface area contributed by atoms with Gasteiger partial charge in [0.2, 0.25) is 11.8 Å². The van der Waals surface area contributed by atoms with Crippen molar-refractivity contribution in [3.8, 4) is 0 Å². The number of imide groups is 1. The number of likely N-dealkylation sites (tertiary alicyclic amines) is 1. The summed E-state index contributed by atoms with van der Waals surface area (Å²) in [5.41, 5.74) is 0.0561. The lowest BCUT2D eigenvalue weighted by atomic mass is 9.61. The Hall–Kier alpha value is -0.940. The van der Waals surface area contributed by atoms with E-state index in [1.54, 1.807) is 7.05 Å². The summed E-state index contributed by atoms with van der Waals surface area (Å²) in [5, 5.41) is 3.36. The molecule has 108 valence electrons. The second kappa shape index (κ2) is 5.21. The zero-order chi connectivity index (χ0) is 14.2. The summed E-state index contributed by atoms with van der Waals surface area (Å²) in [7, 11) is 1.55. The van der Waals surface area contributed by atoms with Gasteiger partial charge in [-0.2, -0.15) is 0 Å². The molecule has 1 aliphatic carbocycles. The number of rotatable bonds is 5. The van der Waals surface area contributed by atoms with Gasteiger partial charge in [-0.1, -0.05) is 13.8 Å². The SMILES string of the molecule is CCOC1CC(NC2CC(=O)N(C)C2=O)C1(C)CC. The van der Waals surface area contributed by atoms with Crippen molar-refractivity contribution in [2.45, 2.75) is 58.2 Å². The van der Waals surface area contributed by atoms with Gasteiger partial charge in [-0.25, -0.2) is 0 Å². The third kappa shape index (κ3) is 2.30. The van der Waals surface area contributed by atoms with E-state index in [4.69, 9.17) is 4.74 Å². The first kappa shape index (κ1) is 14.5. The van der Waals surface area contributed by atoms with Gasteiger partial charge in [0.25, 0.3) is 0 Å². The van der Waals surface area contributed by atoms with Crippen LogP contribution in [0.4, 0.5) is 0 Å². The van der Waals surface area contributed by atoms with Gasteiger partial charge in [-0.05, 0) is 19.8 Å².